The number of thioether (sulfide) groups is 1. The molecule has 0 aliphatic heterocycles. The van der Waals surface area contributed by atoms with Crippen molar-refractivity contribution in [3.05, 3.63) is 59.7 Å². The molecule has 2 aromatic carbocycles. The van der Waals surface area contributed by atoms with Crippen LogP contribution in [0.5, 0.6) is 0 Å². The van der Waals surface area contributed by atoms with Crippen molar-refractivity contribution < 1.29 is 9.53 Å². The molecule has 4 rings (SSSR count). The molecule has 1 N–H and O–H groups in total. The van der Waals surface area contributed by atoms with Gasteiger partial charge in [-0.15, -0.1) is 10.2 Å². The van der Waals surface area contributed by atoms with Gasteiger partial charge in [-0.2, -0.15) is 0 Å². The second-order valence-electron chi connectivity index (χ2n) is 6.40. The van der Waals surface area contributed by atoms with Crippen molar-refractivity contribution in [2.24, 2.45) is 0 Å². The Bertz CT molecular complexity index is 1110. The topological polar surface area (TPSA) is 80.8 Å². The first-order valence-corrected chi connectivity index (χ1v) is 9.62. The van der Waals surface area contributed by atoms with Crippen molar-refractivity contribution in [2.75, 3.05) is 0 Å². The molecule has 0 radical (unpaired) electrons. The number of aromatic nitrogens is 4. The molecule has 0 amide bonds. The largest absolute Gasteiger partial charge is 0.459 e. The molecule has 0 atom stereocenters. The Kier molecular flexibility index (Phi) is 4.77. The Morgan fingerprint density at radius 3 is 2.67 bits per heavy atom. The van der Waals surface area contributed by atoms with Gasteiger partial charge in [-0.25, -0.2) is 9.78 Å². The molecule has 0 bridgehead atoms. The van der Waals surface area contributed by atoms with Gasteiger partial charge in [0.25, 0.3) is 0 Å². The van der Waals surface area contributed by atoms with Crippen LogP contribution in [0.2, 0.25) is 0 Å². The summed E-state index contributed by atoms with van der Waals surface area (Å²) in [5.41, 5.74) is 4.14. The maximum absolute atomic E-state index is 11.9. The van der Waals surface area contributed by atoms with Crippen molar-refractivity contribution in [1.82, 2.24) is 20.2 Å². The highest BCUT2D eigenvalue weighted by Gasteiger charge is 2.11. The molecular weight excluding hydrogens is 360 g/mol. The van der Waals surface area contributed by atoms with Crippen molar-refractivity contribution in [3.8, 4) is 0 Å². The maximum Gasteiger partial charge on any atom is 0.338 e. The monoisotopic (exact) mass is 378 g/mol. The van der Waals surface area contributed by atoms with Crippen LogP contribution >= 0.6 is 11.8 Å². The summed E-state index contributed by atoms with van der Waals surface area (Å²) in [5, 5.41) is 10.2. The molecule has 0 aliphatic carbocycles. The molecule has 27 heavy (non-hydrogen) atoms. The fraction of sp³-hybridized carbons (Fsp3) is 0.200. The first-order chi connectivity index (χ1) is 13.1. The number of fused-ring (bicyclic) bond motifs is 3. The highest BCUT2D eigenvalue weighted by Crippen LogP contribution is 2.24. The van der Waals surface area contributed by atoms with Crippen LogP contribution in [0.1, 0.15) is 29.8 Å². The van der Waals surface area contributed by atoms with Crippen LogP contribution in [0.3, 0.4) is 0 Å². The van der Waals surface area contributed by atoms with Gasteiger partial charge in [0.05, 0.1) is 11.7 Å². The average molecular weight is 378 g/mol. The van der Waals surface area contributed by atoms with E-state index < -0.39 is 0 Å². The summed E-state index contributed by atoms with van der Waals surface area (Å²) < 4.78 is 5.20. The molecule has 7 heteroatoms. The molecule has 0 aliphatic rings. The van der Waals surface area contributed by atoms with E-state index in [1.165, 1.54) is 11.8 Å². The number of aromatic amines is 1. The van der Waals surface area contributed by atoms with E-state index in [4.69, 9.17) is 4.74 Å². The first-order valence-electron chi connectivity index (χ1n) is 8.64. The van der Waals surface area contributed by atoms with E-state index in [9.17, 15) is 4.79 Å². The van der Waals surface area contributed by atoms with Gasteiger partial charge in [-0.05, 0) is 37.6 Å². The Morgan fingerprint density at radius 1 is 1.11 bits per heavy atom. The number of hydrogen-bond acceptors (Lipinski definition) is 6. The lowest BCUT2D eigenvalue weighted by atomic mass is 10.1. The normalized spacial score (nSPS) is 11.4. The number of nitrogens with one attached hydrogen (secondary N) is 1. The molecule has 136 valence electrons. The molecule has 2 heterocycles. The highest BCUT2D eigenvalue weighted by molar-refractivity contribution is 7.98. The van der Waals surface area contributed by atoms with Crippen molar-refractivity contribution in [1.29, 1.82) is 0 Å². The van der Waals surface area contributed by atoms with Crippen molar-refractivity contribution >= 4 is 39.8 Å². The van der Waals surface area contributed by atoms with E-state index in [0.29, 0.717) is 16.5 Å². The standard InChI is InChI=1S/C20H18N4O2S/c1-12(2)26-19(25)14-9-7-13(8-10-14)11-27-20-22-18-17(23-24-20)15-5-3-4-6-16(15)21-18/h3-10,12H,11H2,1-2H3,(H,21,22,24). The number of carbonyl (C=O) groups excluding carboxylic acids is 1. The molecule has 0 saturated carbocycles. The average Bonchev–Trinajstić information content (AvgIpc) is 3.04. The Balaban J connectivity index is 1.46. The van der Waals surface area contributed by atoms with Gasteiger partial charge in [-0.1, -0.05) is 42.1 Å². The molecule has 4 aromatic rings. The predicted molar refractivity (Wildman–Crippen MR) is 106 cm³/mol. The lowest BCUT2D eigenvalue weighted by Gasteiger charge is -2.08. The van der Waals surface area contributed by atoms with E-state index in [2.05, 4.69) is 20.2 Å². The second-order valence-corrected chi connectivity index (χ2v) is 7.34. The minimum atomic E-state index is -0.305. The number of ether oxygens (including phenoxy) is 1. The minimum absolute atomic E-state index is 0.128. The van der Waals surface area contributed by atoms with Crippen LogP contribution in [0.25, 0.3) is 22.1 Å². The lowest BCUT2D eigenvalue weighted by Crippen LogP contribution is -2.11. The third-order valence-electron chi connectivity index (χ3n) is 4.00. The summed E-state index contributed by atoms with van der Waals surface area (Å²) in [5.74, 6) is 0.383. The third-order valence-corrected chi connectivity index (χ3v) is 4.91. The second kappa shape index (κ2) is 7.36. The number of hydrogen-bond donors (Lipinski definition) is 1. The third kappa shape index (κ3) is 3.78. The lowest BCUT2D eigenvalue weighted by molar-refractivity contribution is 0.0378. The van der Waals surface area contributed by atoms with Gasteiger partial charge in [-0.3, -0.25) is 0 Å². The highest BCUT2D eigenvalue weighted by atomic mass is 32.2. The first kappa shape index (κ1) is 17.5. The van der Waals surface area contributed by atoms with Gasteiger partial charge >= 0.3 is 5.97 Å². The molecule has 0 spiro atoms. The van der Waals surface area contributed by atoms with E-state index in [0.717, 1.165) is 27.6 Å². The van der Waals surface area contributed by atoms with Crippen molar-refractivity contribution in [2.45, 2.75) is 30.9 Å². The molecule has 0 fully saturated rings. The Hall–Kier alpha value is -2.93. The van der Waals surface area contributed by atoms with Crippen LogP contribution < -0.4 is 0 Å². The zero-order chi connectivity index (χ0) is 18.8. The zero-order valence-corrected chi connectivity index (χ0v) is 15.8. The minimum Gasteiger partial charge on any atom is -0.459 e. The van der Waals surface area contributed by atoms with Crippen LogP contribution in [-0.2, 0) is 10.5 Å². The van der Waals surface area contributed by atoms with Crippen LogP contribution in [-0.4, -0.2) is 32.2 Å². The van der Waals surface area contributed by atoms with Gasteiger partial charge in [0.15, 0.2) is 5.65 Å². The summed E-state index contributed by atoms with van der Waals surface area (Å²) >= 11 is 1.50. The van der Waals surface area contributed by atoms with Gasteiger partial charge in [0.1, 0.15) is 5.52 Å². The summed E-state index contributed by atoms with van der Waals surface area (Å²) in [4.78, 5) is 19.7. The number of nitrogens with zero attached hydrogens (tertiary/aromatic N) is 3. The molecule has 0 unspecified atom stereocenters. The smallest absolute Gasteiger partial charge is 0.338 e. The van der Waals surface area contributed by atoms with Gasteiger partial charge in [0.2, 0.25) is 5.16 Å². The number of H-pyrrole nitrogens is 1. The SMILES string of the molecule is CC(C)OC(=O)c1ccc(CSc2nnc3c(n2)[nH]c2ccccc23)cc1. The number of benzene rings is 2. The number of esters is 1. The molecule has 0 saturated heterocycles. The van der Waals surface area contributed by atoms with Crippen LogP contribution in [0.4, 0.5) is 0 Å². The van der Waals surface area contributed by atoms with Crippen LogP contribution in [0, 0.1) is 0 Å². The maximum atomic E-state index is 11.9. The van der Waals surface area contributed by atoms with Crippen molar-refractivity contribution in [3.63, 3.8) is 0 Å². The number of carbonyl (C=O) groups is 1. The fourth-order valence-corrected chi connectivity index (χ4v) is 3.48. The number of rotatable bonds is 5. The number of para-hydroxylation sites is 1. The molecular formula is C20H18N4O2S. The van der Waals surface area contributed by atoms with Gasteiger partial charge in [0, 0.05) is 16.7 Å². The molecule has 6 nitrogen and oxygen atoms in total. The zero-order valence-electron chi connectivity index (χ0n) is 15.0. The Morgan fingerprint density at radius 2 is 1.89 bits per heavy atom. The quantitative estimate of drug-likeness (QED) is 0.410. The van der Waals surface area contributed by atoms with E-state index in [1.807, 2.05) is 50.2 Å². The summed E-state index contributed by atoms with van der Waals surface area (Å²) in [7, 11) is 0. The fourth-order valence-electron chi connectivity index (χ4n) is 2.73. The summed E-state index contributed by atoms with van der Waals surface area (Å²) in [6, 6.07) is 15.3. The van der Waals surface area contributed by atoms with Crippen LogP contribution in [0.15, 0.2) is 53.7 Å². The summed E-state index contributed by atoms with van der Waals surface area (Å²) in [6.45, 7) is 3.67. The van der Waals surface area contributed by atoms with E-state index in [-0.39, 0.29) is 12.1 Å². The van der Waals surface area contributed by atoms with E-state index >= 15 is 0 Å². The molecule has 2 aromatic heterocycles. The van der Waals surface area contributed by atoms with Gasteiger partial charge < -0.3 is 9.72 Å². The van der Waals surface area contributed by atoms with E-state index in [1.54, 1.807) is 12.1 Å². The summed E-state index contributed by atoms with van der Waals surface area (Å²) in [6.07, 6.45) is -0.128. The predicted octanol–water partition coefficient (Wildman–Crippen LogP) is 4.36. The Labute approximate surface area is 160 Å².